The summed E-state index contributed by atoms with van der Waals surface area (Å²) in [5, 5.41) is 3.51. The van der Waals surface area contributed by atoms with Gasteiger partial charge in [0.25, 0.3) is 5.91 Å². The molecule has 0 bridgehead atoms. The van der Waals surface area contributed by atoms with Crippen LogP contribution in [0.3, 0.4) is 0 Å². The largest absolute Gasteiger partial charge is 0.398 e. The molecule has 110 valence electrons. The van der Waals surface area contributed by atoms with E-state index >= 15 is 0 Å². The summed E-state index contributed by atoms with van der Waals surface area (Å²) >= 11 is 5.91. The number of likely N-dealkylation sites (tertiary alicyclic amines) is 1. The van der Waals surface area contributed by atoms with E-state index in [-0.39, 0.29) is 11.9 Å². The number of piperidine rings is 1. The molecule has 4 nitrogen and oxygen atoms in total. The molecule has 0 aromatic heterocycles. The zero-order chi connectivity index (χ0) is 14.5. The van der Waals surface area contributed by atoms with Crippen molar-refractivity contribution in [1.29, 1.82) is 0 Å². The molecule has 1 saturated heterocycles. The van der Waals surface area contributed by atoms with Crippen molar-refractivity contribution in [3.05, 3.63) is 28.8 Å². The first-order valence-corrected chi connectivity index (χ1v) is 7.52. The Morgan fingerprint density at radius 1 is 1.40 bits per heavy atom. The Morgan fingerprint density at radius 3 is 2.80 bits per heavy atom. The summed E-state index contributed by atoms with van der Waals surface area (Å²) in [6.45, 7) is 5.15. The van der Waals surface area contributed by atoms with Gasteiger partial charge < -0.3 is 16.0 Å². The van der Waals surface area contributed by atoms with Crippen molar-refractivity contribution in [2.45, 2.75) is 32.2 Å². The van der Waals surface area contributed by atoms with Crippen LogP contribution in [0.25, 0.3) is 0 Å². The number of carbonyl (C=O) groups is 1. The Morgan fingerprint density at radius 2 is 2.10 bits per heavy atom. The number of nitrogens with zero attached hydrogens (tertiary/aromatic N) is 1. The Hall–Kier alpha value is -1.26. The molecule has 2 rings (SSSR count). The minimum absolute atomic E-state index is 0.0963. The topological polar surface area (TPSA) is 58.4 Å². The average molecular weight is 296 g/mol. The molecule has 1 heterocycles. The van der Waals surface area contributed by atoms with Crippen LogP contribution in [0.15, 0.2) is 18.2 Å². The van der Waals surface area contributed by atoms with Gasteiger partial charge in [-0.15, -0.1) is 0 Å². The maximum atomic E-state index is 12.2. The lowest BCUT2D eigenvalue weighted by atomic mass is 10.1. The lowest BCUT2D eigenvalue weighted by Crippen LogP contribution is -2.43. The predicted molar refractivity (Wildman–Crippen MR) is 83.1 cm³/mol. The number of anilines is 1. The average Bonchev–Trinajstić information content (AvgIpc) is 2.42. The van der Waals surface area contributed by atoms with Gasteiger partial charge in [0.15, 0.2) is 0 Å². The van der Waals surface area contributed by atoms with E-state index in [4.69, 9.17) is 17.3 Å². The number of amides is 1. The van der Waals surface area contributed by atoms with Gasteiger partial charge in [0.05, 0.1) is 5.56 Å². The monoisotopic (exact) mass is 295 g/mol. The fourth-order valence-corrected chi connectivity index (χ4v) is 2.77. The van der Waals surface area contributed by atoms with Gasteiger partial charge in [0, 0.05) is 23.3 Å². The zero-order valence-electron chi connectivity index (χ0n) is 11.9. The van der Waals surface area contributed by atoms with E-state index in [9.17, 15) is 4.79 Å². The zero-order valence-corrected chi connectivity index (χ0v) is 12.6. The van der Waals surface area contributed by atoms with E-state index in [0.29, 0.717) is 16.3 Å². The van der Waals surface area contributed by atoms with Crippen LogP contribution in [0.1, 0.15) is 36.5 Å². The van der Waals surface area contributed by atoms with Gasteiger partial charge >= 0.3 is 0 Å². The van der Waals surface area contributed by atoms with Crippen LogP contribution >= 0.6 is 11.6 Å². The second-order valence-corrected chi connectivity index (χ2v) is 5.90. The summed E-state index contributed by atoms with van der Waals surface area (Å²) < 4.78 is 0. The third-order valence-electron chi connectivity index (χ3n) is 3.62. The number of nitrogen functional groups attached to an aromatic ring is 1. The highest BCUT2D eigenvalue weighted by Crippen LogP contribution is 2.18. The van der Waals surface area contributed by atoms with Gasteiger partial charge in [-0.3, -0.25) is 4.79 Å². The first-order chi connectivity index (χ1) is 9.56. The van der Waals surface area contributed by atoms with Gasteiger partial charge in [-0.2, -0.15) is 0 Å². The summed E-state index contributed by atoms with van der Waals surface area (Å²) in [5.41, 5.74) is 6.72. The van der Waals surface area contributed by atoms with Crippen LogP contribution < -0.4 is 11.1 Å². The molecule has 1 unspecified atom stereocenters. The second kappa shape index (κ2) is 6.95. The maximum Gasteiger partial charge on any atom is 0.253 e. The van der Waals surface area contributed by atoms with E-state index in [1.807, 2.05) is 6.92 Å². The van der Waals surface area contributed by atoms with Crippen molar-refractivity contribution in [2.75, 3.05) is 25.4 Å². The van der Waals surface area contributed by atoms with Gasteiger partial charge in [-0.05, 0) is 51.1 Å². The van der Waals surface area contributed by atoms with Crippen molar-refractivity contribution in [3.63, 3.8) is 0 Å². The van der Waals surface area contributed by atoms with Crippen molar-refractivity contribution >= 4 is 23.2 Å². The Kier molecular flexibility index (Phi) is 5.26. The number of carbonyl (C=O) groups excluding carboxylic acids is 1. The van der Waals surface area contributed by atoms with Crippen molar-refractivity contribution in [3.8, 4) is 0 Å². The maximum absolute atomic E-state index is 12.2. The van der Waals surface area contributed by atoms with Crippen molar-refractivity contribution in [2.24, 2.45) is 0 Å². The van der Waals surface area contributed by atoms with E-state index in [0.717, 1.165) is 19.6 Å². The van der Waals surface area contributed by atoms with Gasteiger partial charge in [-0.25, -0.2) is 0 Å². The van der Waals surface area contributed by atoms with Crippen molar-refractivity contribution in [1.82, 2.24) is 10.2 Å². The van der Waals surface area contributed by atoms with Crippen LogP contribution in [0.2, 0.25) is 5.02 Å². The molecule has 0 aliphatic carbocycles. The predicted octanol–water partition coefficient (Wildman–Crippen LogP) is 2.53. The van der Waals surface area contributed by atoms with E-state index in [1.54, 1.807) is 18.2 Å². The number of nitrogens with two attached hydrogens (primary N) is 1. The van der Waals surface area contributed by atoms with Crippen LogP contribution in [0.5, 0.6) is 0 Å². The molecule has 1 aliphatic heterocycles. The third kappa shape index (κ3) is 4.12. The highest BCUT2D eigenvalue weighted by atomic mass is 35.5. The minimum atomic E-state index is -0.158. The first-order valence-electron chi connectivity index (χ1n) is 7.14. The molecule has 1 aromatic rings. The summed E-state index contributed by atoms with van der Waals surface area (Å²) in [5.74, 6) is -0.158. The SMILES string of the molecule is CC(CN1CCCCC1)NC(=O)c1cc(Cl)ccc1N. The van der Waals surface area contributed by atoms with Crippen LogP contribution in [0, 0.1) is 0 Å². The quantitative estimate of drug-likeness (QED) is 0.839. The number of hydrogen-bond donors (Lipinski definition) is 2. The first kappa shape index (κ1) is 15.1. The number of halogens is 1. The molecule has 1 amide bonds. The third-order valence-corrected chi connectivity index (χ3v) is 3.85. The molecule has 0 radical (unpaired) electrons. The molecule has 1 atom stereocenters. The molecular weight excluding hydrogens is 274 g/mol. The van der Waals surface area contributed by atoms with Crippen LogP contribution in [-0.2, 0) is 0 Å². The number of hydrogen-bond acceptors (Lipinski definition) is 3. The molecular formula is C15H22ClN3O. The second-order valence-electron chi connectivity index (χ2n) is 5.47. The number of nitrogens with one attached hydrogen (secondary N) is 1. The highest BCUT2D eigenvalue weighted by Gasteiger charge is 2.17. The molecule has 0 saturated carbocycles. The molecule has 1 aliphatic rings. The molecule has 5 heteroatoms. The van der Waals surface area contributed by atoms with Crippen molar-refractivity contribution < 1.29 is 4.79 Å². The standard InChI is InChI=1S/C15H22ClN3O/c1-11(10-19-7-3-2-4-8-19)18-15(20)13-9-12(16)5-6-14(13)17/h5-6,9,11H,2-4,7-8,10,17H2,1H3,(H,18,20). The summed E-state index contributed by atoms with van der Waals surface area (Å²) in [6, 6.07) is 5.05. The normalized spacial score (nSPS) is 17.7. The van der Waals surface area contributed by atoms with Gasteiger partial charge in [0.1, 0.15) is 0 Å². The molecule has 0 spiro atoms. The summed E-state index contributed by atoms with van der Waals surface area (Å²) in [7, 11) is 0. The lowest BCUT2D eigenvalue weighted by molar-refractivity contribution is 0.0926. The fourth-order valence-electron chi connectivity index (χ4n) is 2.60. The fraction of sp³-hybridized carbons (Fsp3) is 0.533. The smallest absolute Gasteiger partial charge is 0.253 e. The Bertz CT molecular complexity index is 472. The molecule has 1 fully saturated rings. The highest BCUT2D eigenvalue weighted by molar-refractivity contribution is 6.31. The lowest BCUT2D eigenvalue weighted by Gasteiger charge is -2.29. The number of benzene rings is 1. The summed E-state index contributed by atoms with van der Waals surface area (Å²) in [6.07, 6.45) is 3.82. The van der Waals surface area contributed by atoms with Gasteiger partial charge in [-0.1, -0.05) is 18.0 Å². The Balaban J connectivity index is 1.91. The molecule has 20 heavy (non-hydrogen) atoms. The minimum Gasteiger partial charge on any atom is -0.398 e. The van der Waals surface area contributed by atoms with Crippen LogP contribution in [-0.4, -0.2) is 36.5 Å². The Labute approximate surface area is 125 Å². The molecule has 3 N–H and O–H groups in total. The van der Waals surface area contributed by atoms with Gasteiger partial charge in [0.2, 0.25) is 0 Å². The van der Waals surface area contributed by atoms with E-state index < -0.39 is 0 Å². The van der Waals surface area contributed by atoms with E-state index in [1.165, 1.54) is 19.3 Å². The molecule has 1 aromatic carbocycles. The number of rotatable bonds is 4. The van der Waals surface area contributed by atoms with E-state index in [2.05, 4.69) is 10.2 Å². The summed E-state index contributed by atoms with van der Waals surface area (Å²) in [4.78, 5) is 14.6. The van der Waals surface area contributed by atoms with Crippen LogP contribution in [0.4, 0.5) is 5.69 Å².